The number of rotatable bonds is 3. The summed E-state index contributed by atoms with van der Waals surface area (Å²) in [6.45, 7) is 0. The van der Waals surface area contributed by atoms with Gasteiger partial charge < -0.3 is 4.74 Å². The summed E-state index contributed by atoms with van der Waals surface area (Å²) >= 11 is 0. The first-order valence-corrected chi connectivity index (χ1v) is 8.06. The highest BCUT2D eigenvalue weighted by molar-refractivity contribution is 7.92. The third-order valence-electron chi connectivity index (χ3n) is 2.71. The van der Waals surface area contributed by atoms with Crippen LogP contribution < -0.4 is 9.04 Å². The van der Waals surface area contributed by atoms with Crippen molar-refractivity contribution in [2.75, 3.05) is 17.7 Å². The van der Waals surface area contributed by atoms with Crippen LogP contribution in [0.5, 0.6) is 5.75 Å². The lowest BCUT2D eigenvalue weighted by molar-refractivity contribution is 0.415. The zero-order chi connectivity index (χ0) is 15.3. The zero-order valence-electron chi connectivity index (χ0n) is 11.8. The number of benzene rings is 2. The molecule has 0 aliphatic heterocycles. The van der Waals surface area contributed by atoms with Crippen molar-refractivity contribution in [1.29, 1.82) is 0 Å². The van der Waals surface area contributed by atoms with Crippen LogP contribution in [0, 0.1) is 12.0 Å². The predicted octanol–water partition coefficient (Wildman–Crippen LogP) is 2.47. The molecule has 2 aromatic carbocycles. The average molecular weight is 301 g/mol. The highest BCUT2D eigenvalue weighted by Crippen LogP contribution is 2.20. The second kappa shape index (κ2) is 6.33. The summed E-state index contributed by atoms with van der Waals surface area (Å²) in [6, 6.07) is 18.6. The molecule has 0 amide bonds. The molecule has 0 heterocycles. The van der Waals surface area contributed by atoms with Gasteiger partial charge in [0, 0.05) is 11.6 Å². The first-order valence-electron chi connectivity index (χ1n) is 6.22. The smallest absolute Gasteiger partial charge is 0.243 e. The van der Waals surface area contributed by atoms with E-state index in [1.54, 1.807) is 31.4 Å². The van der Waals surface area contributed by atoms with Gasteiger partial charge in [0.25, 0.3) is 0 Å². The highest BCUT2D eigenvalue weighted by atomic mass is 32.2. The van der Waals surface area contributed by atoms with Crippen LogP contribution >= 0.6 is 0 Å². The number of methoxy groups -OCH3 is 1. The van der Waals surface area contributed by atoms with Gasteiger partial charge in [0.2, 0.25) is 10.0 Å². The predicted molar refractivity (Wildman–Crippen MR) is 83.6 cm³/mol. The second-order valence-electron chi connectivity index (χ2n) is 4.33. The first-order chi connectivity index (χ1) is 10.0. The van der Waals surface area contributed by atoms with E-state index >= 15 is 0 Å². The maximum atomic E-state index is 11.9. The maximum absolute atomic E-state index is 11.9. The molecule has 0 N–H and O–H groups in total. The van der Waals surface area contributed by atoms with Gasteiger partial charge in [-0.3, -0.25) is 0 Å². The molecule has 0 fully saturated rings. The molecular formula is C16H15NO3S. The van der Waals surface area contributed by atoms with Crippen LogP contribution in [0.3, 0.4) is 0 Å². The average Bonchev–Trinajstić information content (AvgIpc) is 2.48. The van der Waals surface area contributed by atoms with Gasteiger partial charge in [-0.05, 0) is 42.3 Å². The molecular weight excluding hydrogens is 286 g/mol. The van der Waals surface area contributed by atoms with Gasteiger partial charge in [-0.15, -0.1) is 0 Å². The lowest BCUT2D eigenvalue weighted by Gasteiger charge is -2.15. The fourth-order valence-electron chi connectivity index (χ4n) is 1.69. The zero-order valence-corrected chi connectivity index (χ0v) is 12.6. The Labute approximate surface area is 125 Å². The van der Waals surface area contributed by atoms with Crippen molar-refractivity contribution in [1.82, 2.24) is 0 Å². The molecule has 5 heteroatoms. The van der Waals surface area contributed by atoms with E-state index in [2.05, 4.69) is 12.0 Å². The molecule has 0 atom stereocenters. The highest BCUT2D eigenvalue weighted by Gasteiger charge is 2.15. The van der Waals surface area contributed by atoms with Gasteiger partial charge in [-0.1, -0.05) is 18.2 Å². The van der Waals surface area contributed by atoms with E-state index in [1.807, 2.05) is 30.3 Å². The Morgan fingerprint density at radius 1 is 1.00 bits per heavy atom. The summed E-state index contributed by atoms with van der Waals surface area (Å²) in [5, 5.41) is 0. The number of anilines is 1. The van der Waals surface area contributed by atoms with Crippen LogP contribution in [0.2, 0.25) is 0 Å². The number of sulfonamides is 1. The van der Waals surface area contributed by atoms with Crippen LogP contribution in [0.4, 0.5) is 5.69 Å². The van der Waals surface area contributed by atoms with Crippen molar-refractivity contribution in [2.24, 2.45) is 0 Å². The molecule has 108 valence electrons. The molecule has 0 saturated heterocycles. The van der Waals surface area contributed by atoms with E-state index in [0.29, 0.717) is 11.4 Å². The standard InChI is InChI=1S/C16H15NO3S/c1-20-16-10-8-15(9-11-16)17(21(2,18)19)13-12-14-6-4-3-5-7-14/h3-11H,1-2H3. The summed E-state index contributed by atoms with van der Waals surface area (Å²) in [6.07, 6.45) is 1.12. The summed E-state index contributed by atoms with van der Waals surface area (Å²) in [4.78, 5) is 0. The van der Waals surface area contributed by atoms with E-state index in [-0.39, 0.29) is 0 Å². The summed E-state index contributed by atoms with van der Waals surface area (Å²) in [7, 11) is -1.93. The van der Waals surface area contributed by atoms with E-state index in [0.717, 1.165) is 16.1 Å². The second-order valence-corrected chi connectivity index (χ2v) is 6.16. The monoisotopic (exact) mass is 301 g/mol. The van der Waals surface area contributed by atoms with Crippen molar-refractivity contribution in [2.45, 2.75) is 0 Å². The normalized spacial score (nSPS) is 10.4. The van der Waals surface area contributed by atoms with E-state index in [4.69, 9.17) is 4.74 Å². The maximum Gasteiger partial charge on any atom is 0.243 e. The molecule has 0 aromatic heterocycles. The van der Waals surface area contributed by atoms with Crippen LogP contribution in [0.1, 0.15) is 5.56 Å². The van der Waals surface area contributed by atoms with Gasteiger partial charge in [-0.2, -0.15) is 4.31 Å². The Bertz CT molecular complexity index is 757. The molecule has 0 aliphatic rings. The van der Waals surface area contributed by atoms with Gasteiger partial charge in [0.05, 0.1) is 19.1 Å². The Balaban J connectivity index is 2.38. The minimum atomic E-state index is -3.49. The molecule has 4 nitrogen and oxygen atoms in total. The SMILES string of the molecule is COc1ccc(N(C#Cc2ccccc2)S(C)(=O)=O)cc1. The third-order valence-corrected chi connectivity index (χ3v) is 3.68. The van der Waals surface area contributed by atoms with E-state index in [9.17, 15) is 8.42 Å². The van der Waals surface area contributed by atoms with Crippen LogP contribution in [0.15, 0.2) is 54.6 Å². The van der Waals surface area contributed by atoms with Crippen molar-refractivity contribution in [3.8, 4) is 17.7 Å². The van der Waals surface area contributed by atoms with Crippen molar-refractivity contribution >= 4 is 15.7 Å². The minimum Gasteiger partial charge on any atom is -0.497 e. The summed E-state index contributed by atoms with van der Waals surface area (Å²) in [5.74, 6) is 3.50. The third kappa shape index (κ3) is 4.01. The molecule has 0 bridgehead atoms. The van der Waals surface area contributed by atoms with Gasteiger partial charge in [0.1, 0.15) is 5.75 Å². The summed E-state index contributed by atoms with van der Waals surface area (Å²) < 4.78 is 29.9. The Morgan fingerprint density at radius 2 is 1.62 bits per heavy atom. The molecule has 0 unspecified atom stereocenters. The largest absolute Gasteiger partial charge is 0.497 e. The van der Waals surface area contributed by atoms with Crippen molar-refractivity contribution in [3.05, 3.63) is 60.2 Å². The molecule has 0 saturated carbocycles. The number of hydrogen-bond donors (Lipinski definition) is 0. The Kier molecular flexibility index (Phi) is 4.51. The number of ether oxygens (including phenoxy) is 1. The number of nitrogens with zero attached hydrogens (tertiary/aromatic N) is 1. The fraction of sp³-hybridized carbons (Fsp3) is 0.125. The van der Waals surface area contributed by atoms with Crippen molar-refractivity contribution in [3.63, 3.8) is 0 Å². The first kappa shape index (κ1) is 14.9. The fourth-order valence-corrected chi connectivity index (χ4v) is 2.41. The molecule has 0 radical (unpaired) electrons. The van der Waals surface area contributed by atoms with E-state index < -0.39 is 10.0 Å². The van der Waals surface area contributed by atoms with Crippen molar-refractivity contribution < 1.29 is 13.2 Å². The molecule has 0 aliphatic carbocycles. The van der Waals surface area contributed by atoms with Gasteiger partial charge in [0.15, 0.2) is 0 Å². The molecule has 21 heavy (non-hydrogen) atoms. The minimum absolute atomic E-state index is 0.474. The quantitative estimate of drug-likeness (QED) is 0.646. The van der Waals surface area contributed by atoms with Crippen LogP contribution in [0.25, 0.3) is 0 Å². The molecule has 0 spiro atoms. The molecule has 2 aromatic rings. The van der Waals surface area contributed by atoms with Gasteiger partial charge >= 0.3 is 0 Å². The lowest BCUT2D eigenvalue weighted by Crippen LogP contribution is -2.24. The Morgan fingerprint density at radius 3 is 2.14 bits per heavy atom. The van der Waals surface area contributed by atoms with E-state index in [1.165, 1.54) is 0 Å². The summed E-state index contributed by atoms with van der Waals surface area (Å²) in [5.41, 5.74) is 1.22. The number of hydrogen-bond acceptors (Lipinski definition) is 3. The Hall–Kier alpha value is -2.45. The lowest BCUT2D eigenvalue weighted by atomic mass is 10.2. The van der Waals surface area contributed by atoms with Gasteiger partial charge in [-0.25, -0.2) is 8.42 Å². The topological polar surface area (TPSA) is 46.6 Å². The van der Waals surface area contributed by atoms with Crippen LogP contribution in [-0.2, 0) is 10.0 Å². The molecule has 2 rings (SSSR count). The van der Waals surface area contributed by atoms with Crippen LogP contribution in [-0.4, -0.2) is 21.8 Å².